The van der Waals surface area contributed by atoms with Crippen LogP contribution in [0, 0.1) is 28.1 Å². The van der Waals surface area contributed by atoms with E-state index >= 15 is 0 Å². The summed E-state index contributed by atoms with van der Waals surface area (Å²) in [6, 6.07) is -0.526. The summed E-state index contributed by atoms with van der Waals surface area (Å²) >= 11 is 0. The Bertz CT molecular complexity index is 734. The van der Waals surface area contributed by atoms with Crippen molar-refractivity contribution in [3.05, 3.63) is 12.7 Å². The maximum atomic E-state index is 13.7. The molecule has 1 N–H and O–H groups in total. The van der Waals surface area contributed by atoms with Crippen LogP contribution in [0.2, 0.25) is 0 Å². The monoisotopic (exact) mass is 375 g/mol. The average molecular weight is 375 g/mol. The number of carbonyl (C=O) groups excluding carboxylic acids is 3. The smallest absolute Gasteiger partial charge is 0.407 e. The molecule has 8 atom stereocenters. The molecule has 1 unspecified atom stereocenters. The molecule has 4 aliphatic rings. The Hall–Kier alpha value is -1.85. The molecule has 148 valence electrons. The zero-order valence-corrected chi connectivity index (χ0v) is 16.5. The van der Waals surface area contributed by atoms with Crippen LogP contribution < -0.4 is 5.32 Å². The van der Waals surface area contributed by atoms with Gasteiger partial charge < -0.3 is 14.8 Å². The quantitative estimate of drug-likeness (QED) is 0.563. The normalized spacial score (nSPS) is 51.7. The molecule has 0 radical (unpaired) electrons. The maximum absolute atomic E-state index is 13.7. The van der Waals surface area contributed by atoms with Crippen LogP contribution in [0.3, 0.4) is 0 Å². The lowest BCUT2D eigenvalue weighted by Crippen LogP contribution is -2.70. The van der Waals surface area contributed by atoms with Crippen LogP contribution in [0.15, 0.2) is 12.7 Å². The van der Waals surface area contributed by atoms with Gasteiger partial charge in [-0.2, -0.15) is 0 Å². The summed E-state index contributed by atoms with van der Waals surface area (Å²) in [5, 5.41) is 2.88. The summed E-state index contributed by atoms with van der Waals surface area (Å²) in [6.45, 7) is 11.9. The van der Waals surface area contributed by atoms with Gasteiger partial charge in [0.1, 0.15) is 18.0 Å². The van der Waals surface area contributed by atoms with Crippen LogP contribution in [0.5, 0.6) is 0 Å². The number of hydrogen-bond donors (Lipinski definition) is 1. The van der Waals surface area contributed by atoms with Gasteiger partial charge in [0.05, 0.1) is 11.5 Å². The second-order valence-electron chi connectivity index (χ2n) is 9.43. The molecule has 27 heavy (non-hydrogen) atoms. The first-order chi connectivity index (χ1) is 12.6. The van der Waals surface area contributed by atoms with Crippen molar-refractivity contribution in [2.45, 2.75) is 71.6 Å². The molecule has 0 aromatic rings. The molecule has 2 saturated heterocycles. The lowest BCUT2D eigenvalue weighted by Gasteiger charge is -2.63. The lowest BCUT2D eigenvalue weighted by atomic mass is 9.44. The number of carbonyl (C=O) groups is 3. The third kappa shape index (κ3) is 2.10. The molecule has 0 spiro atoms. The number of ketones is 1. The SMILES string of the molecule is C=C[C@@]1(C)C(=O)[C@H](C)[C@]23CCC(=O)O[C@H]2[C@@](C)(C(C)CC3)[C@@H]2OC(=O)N[C@H]21. The molecule has 4 fully saturated rings. The summed E-state index contributed by atoms with van der Waals surface area (Å²) in [5.74, 6) is -0.311. The molecular weight excluding hydrogens is 346 g/mol. The lowest BCUT2D eigenvalue weighted by molar-refractivity contribution is -0.236. The van der Waals surface area contributed by atoms with E-state index in [2.05, 4.69) is 25.7 Å². The van der Waals surface area contributed by atoms with E-state index in [9.17, 15) is 14.4 Å². The fourth-order valence-corrected chi connectivity index (χ4v) is 6.40. The molecule has 0 aromatic heterocycles. The Morgan fingerprint density at radius 3 is 2.52 bits per heavy atom. The van der Waals surface area contributed by atoms with Crippen molar-refractivity contribution in [1.82, 2.24) is 5.32 Å². The number of ether oxygens (including phenoxy) is 2. The number of rotatable bonds is 1. The molecule has 2 aliphatic heterocycles. The molecule has 1 amide bonds. The highest BCUT2D eigenvalue weighted by Gasteiger charge is 2.71. The van der Waals surface area contributed by atoms with Crippen LogP contribution in [0.25, 0.3) is 0 Å². The van der Waals surface area contributed by atoms with Gasteiger partial charge in [0, 0.05) is 23.2 Å². The topological polar surface area (TPSA) is 81.7 Å². The number of nitrogens with one attached hydrogen (secondary N) is 1. The number of Topliss-reactive ketones (excluding diaryl/α,β-unsaturated/α-hetero) is 1. The fraction of sp³-hybridized carbons (Fsp3) is 0.762. The van der Waals surface area contributed by atoms with Crippen LogP contribution in [-0.4, -0.2) is 36.1 Å². The third-order valence-corrected chi connectivity index (χ3v) is 8.52. The molecule has 0 aromatic carbocycles. The van der Waals surface area contributed by atoms with E-state index in [0.29, 0.717) is 12.8 Å². The van der Waals surface area contributed by atoms with Gasteiger partial charge in [-0.05, 0) is 32.1 Å². The summed E-state index contributed by atoms with van der Waals surface area (Å²) in [5.41, 5.74) is -1.93. The van der Waals surface area contributed by atoms with Gasteiger partial charge in [-0.15, -0.1) is 6.58 Å². The molecule has 4 rings (SSSR count). The van der Waals surface area contributed by atoms with Gasteiger partial charge in [-0.25, -0.2) is 4.79 Å². The van der Waals surface area contributed by atoms with Crippen molar-refractivity contribution >= 4 is 17.8 Å². The molecular formula is C21H29NO5. The number of amides is 1. The van der Waals surface area contributed by atoms with E-state index in [1.54, 1.807) is 6.08 Å². The third-order valence-electron chi connectivity index (χ3n) is 8.52. The minimum Gasteiger partial charge on any atom is -0.461 e. The maximum Gasteiger partial charge on any atom is 0.407 e. The van der Waals surface area contributed by atoms with E-state index < -0.39 is 40.6 Å². The number of alkyl carbamates (subject to hydrolysis) is 1. The molecule has 2 bridgehead atoms. The van der Waals surface area contributed by atoms with E-state index in [4.69, 9.17) is 9.47 Å². The molecule has 2 heterocycles. The predicted octanol–water partition coefficient (Wildman–Crippen LogP) is 3.00. The van der Waals surface area contributed by atoms with E-state index in [1.807, 2.05) is 13.8 Å². The summed E-state index contributed by atoms with van der Waals surface area (Å²) < 4.78 is 11.8. The van der Waals surface area contributed by atoms with Crippen molar-refractivity contribution in [3.8, 4) is 0 Å². The van der Waals surface area contributed by atoms with E-state index in [-0.39, 0.29) is 23.6 Å². The summed E-state index contributed by atoms with van der Waals surface area (Å²) in [7, 11) is 0. The van der Waals surface area contributed by atoms with Crippen molar-refractivity contribution in [2.24, 2.45) is 28.1 Å². The Kier molecular flexibility index (Phi) is 3.83. The van der Waals surface area contributed by atoms with Crippen LogP contribution in [0.1, 0.15) is 53.4 Å². The first kappa shape index (κ1) is 18.5. The Morgan fingerprint density at radius 2 is 1.85 bits per heavy atom. The van der Waals surface area contributed by atoms with Crippen molar-refractivity contribution in [3.63, 3.8) is 0 Å². The second-order valence-corrected chi connectivity index (χ2v) is 9.43. The van der Waals surface area contributed by atoms with E-state index in [0.717, 1.165) is 12.8 Å². The molecule has 2 saturated carbocycles. The van der Waals surface area contributed by atoms with Crippen LogP contribution in [0.4, 0.5) is 4.79 Å². The summed E-state index contributed by atoms with van der Waals surface area (Å²) in [4.78, 5) is 38.2. The van der Waals surface area contributed by atoms with E-state index in [1.165, 1.54) is 0 Å². The number of hydrogen-bond acceptors (Lipinski definition) is 5. The van der Waals surface area contributed by atoms with Gasteiger partial charge in [0.2, 0.25) is 0 Å². The van der Waals surface area contributed by atoms with Gasteiger partial charge in [-0.3, -0.25) is 9.59 Å². The second kappa shape index (κ2) is 5.58. The molecule has 6 heteroatoms. The highest BCUT2D eigenvalue weighted by atomic mass is 16.6. The van der Waals surface area contributed by atoms with Crippen molar-refractivity contribution < 1.29 is 23.9 Å². The Labute approximate surface area is 160 Å². The van der Waals surface area contributed by atoms with Gasteiger partial charge in [0.15, 0.2) is 0 Å². The highest BCUT2D eigenvalue weighted by Crippen LogP contribution is 2.63. The summed E-state index contributed by atoms with van der Waals surface area (Å²) in [6.07, 6.45) is 2.85. The van der Waals surface area contributed by atoms with Gasteiger partial charge >= 0.3 is 12.1 Å². The van der Waals surface area contributed by atoms with Gasteiger partial charge in [-0.1, -0.05) is 26.8 Å². The first-order valence-electron chi connectivity index (χ1n) is 9.96. The van der Waals surface area contributed by atoms with Crippen molar-refractivity contribution in [2.75, 3.05) is 0 Å². The largest absolute Gasteiger partial charge is 0.461 e. The highest BCUT2D eigenvalue weighted by molar-refractivity contribution is 5.91. The number of esters is 1. The average Bonchev–Trinajstić information content (AvgIpc) is 3.06. The van der Waals surface area contributed by atoms with Gasteiger partial charge in [0.25, 0.3) is 0 Å². The Balaban J connectivity index is 1.97. The van der Waals surface area contributed by atoms with Crippen LogP contribution >= 0.6 is 0 Å². The Morgan fingerprint density at radius 1 is 1.15 bits per heavy atom. The minimum atomic E-state index is -0.937. The minimum absolute atomic E-state index is 0.0397. The predicted molar refractivity (Wildman–Crippen MR) is 97.7 cm³/mol. The fourth-order valence-electron chi connectivity index (χ4n) is 6.40. The molecule has 6 nitrogen and oxygen atoms in total. The zero-order chi connectivity index (χ0) is 19.8. The zero-order valence-electron chi connectivity index (χ0n) is 16.5. The first-order valence-corrected chi connectivity index (χ1v) is 9.96. The number of fused-ring (bicyclic) bond motifs is 2. The van der Waals surface area contributed by atoms with Crippen LogP contribution in [-0.2, 0) is 19.1 Å². The van der Waals surface area contributed by atoms with Crippen molar-refractivity contribution in [1.29, 1.82) is 0 Å². The standard InChI is InChI=1S/C21H29NO5/c1-6-19(4)14-16(27-18(25)22-14)20(5)11(2)7-9-21(12(3)15(19)24)10-8-13(23)26-17(20)21/h6,11-12,14,16-17H,1,7-10H2,2-5H3,(H,22,25)/t11?,12-,14+,16+,17-,19+,20-,21-/m0/s1. The molecule has 2 aliphatic carbocycles.